The Morgan fingerprint density at radius 3 is 2.62 bits per heavy atom. The summed E-state index contributed by atoms with van der Waals surface area (Å²) in [5, 5.41) is 0.821. The number of carbonyl (C=O) groups is 1. The summed E-state index contributed by atoms with van der Waals surface area (Å²) in [6.45, 7) is 6.57. The van der Waals surface area contributed by atoms with Gasteiger partial charge in [0.15, 0.2) is 0 Å². The maximum atomic E-state index is 13.7. The summed E-state index contributed by atoms with van der Waals surface area (Å²) in [7, 11) is 0. The van der Waals surface area contributed by atoms with Crippen molar-refractivity contribution in [3.63, 3.8) is 0 Å². The minimum Gasteiger partial charge on any atom is -0.383 e. The normalized spacial score (nSPS) is 20.9. The Balaban J connectivity index is 1.49. The summed E-state index contributed by atoms with van der Waals surface area (Å²) in [6, 6.07) is 7.60. The fourth-order valence-corrected chi connectivity index (χ4v) is 4.72. The van der Waals surface area contributed by atoms with E-state index >= 15 is 0 Å². The van der Waals surface area contributed by atoms with Crippen molar-refractivity contribution in [2.45, 2.75) is 58.7 Å². The molecule has 3 heterocycles. The molecule has 1 saturated carbocycles. The van der Waals surface area contributed by atoms with E-state index in [1.54, 1.807) is 17.0 Å². The number of carbonyl (C=O) groups excluding carboxylic acids is 1. The van der Waals surface area contributed by atoms with Crippen LogP contribution in [0.5, 0.6) is 0 Å². The van der Waals surface area contributed by atoms with Crippen LogP contribution in [0.25, 0.3) is 10.9 Å². The lowest BCUT2D eigenvalue weighted by molar-refractivity contribution is -0.137. The molecule has 1 amide bonds. The van der Waals surface area contributed by atoms with Crippen molar-refractivity contribution in [1.82, 2.24) is 14.9 Å². The van der Waals surface area contributed by atoms with Crippen molar-refractivity contribution in [2.24, 2.45) is 5.41 Å². The van der Waals surface area contributed by atoms with Gasteiger partial charge in [-0.2, -0.15) is 13.2 Å². The lowest BCUT2D eigenvalue weighted by atomic mass is 10.00. The van der Waals surface area contributed by atoms with Gasteiger partial charge < -0.3 is 15.4 Å². The van der Waals surface area contributed by atoms with E-state index in [0.29, 0.717) is 29.2 Å². The quantitative estimate of drug-likeness (QED) is 0.562. The van der Waals surface area contributed by atoms with E-state index < -0.39 is 11.7 Å². The average molecular weight is 470 g/mol. The number of hydrogen-bond donors (Lipinski definition) is 1. The number of hydrogen-bond acceptors (Lipinski definition) is 5. The van der Waals surface area contributed by atoms with Crippen LogP contribution < -0.4 is 5.73 Å². The number of pyridine rings is 2. The average Bonchev–Trinajstić information content (AvgIpc) is 3.22. The maximum absolute atomic E-state index is 13.7. The first-order chi connectivity index (χ1) is 16.0. The van der Waals surface area contributed by atoms with Crippen molar-refractivity contribution in [2.75, 3.05) is 5.73 Å². The molecule has 2 aliphatic rings. The third-order valence-electron chi connectivity index (χ3n) is 6.88. The molecule has 0 radical (unpaired) electrons. The second-order valence-electron chi connectivity index (χ2n) is 9.75. The van der Waals surface area contributed by atoms with Crippen molar-refractivity contribution in [1.29, 1.82) is 0 Å². The Bertz CT molecular complexity index is 1290. The van der Waals surface area contributed by atoms with Gasteiger partial charge in [-0.15, -0.1) is 0 Å². The minimum atomic E-state index is -4.45. The molecule has 6 nitrogen and oxygen atoms in total. The number of rotatable bonds is 4. The SMILES string of the molecule is C[C@@H]1OCc2c1c(N)nc1ccc(C(=O)N(Cc3ccc(C(F)(F)F)cn3)[C@@H]3CC3(C)C)cc21. The second kappa shape index (κ2) is 7.66. The van der Waals surface area contributed by atoms with Gasteiger partial charge in [0.05, 0.1) is 36.0 Å². The number of nitrogen functional groups attached to an aromatic ring is 1. The second-order valence-corrected chi connectivity index (χ2v) is 9.75. The van der Waals surface area contributed by atoms with E-state index in [-0.39, 0.29) is 30.0 Å². The predicted octanol–water partition coefficient (Wildman–Crippen LogP) is 5.26. The molecular weight excluding hydrogens is 445 g/mol. The molecule has 9 heteroatoms. The molecule has 0 unspecified atom stereocenters. The largest absolute Gasteiger partial charge is 0.417 e. The van der Waals surface area contributed by atoms with Crippen molar-refractivity contribution in [3.05, 3.63) is 64.5 Å². The first-order valence-electron chi connectivity index (χ1n) is 11.1. The van der Waals surface area contributed by atoms with Crippen LogP contribution in [-0.2, 0) is 24.1 Å². The van der Waals surface area contributed by atoms with Crippen molar-refractivity contribution < 1.29 is 22.7 Å². The van der Waals surface area contributed by atoms with Gasteiger partial charge in [-0.1, -0.05) is 13.8 Å². The molecule has 1 aromatic carbocycles. The van der Waals surface area contributed by atoms with Crippen LogP contribution in [0.1, 0.15) is 66.0 Å². The number of nitrogens with zero attached hydrogens (tertiary/aromatic N) is 3. The number of benzene rings is 1. The summed E-state index contributed by atoms with van der Waals surface area (Å²) >= 11 is 0. The first kappa shape index (κ1) is 22.6. The maximum Gasteiger partial charge on any atom is 0.417 e. The van der Waals surface area contributed by atoms with Gasteiger partial charge in [0.2, 0.25) is 0 Å². The summed E-state index contributed by atoms with van der Waals surface area (Å²) in [6.07, 6.45) is -3.00. The zero-order valence-electron chi connectivity index (χ0n) is 19.1. The van der Waals surface area contributed by atoms with Crippen LogP contribution in [0.2, 0.25) is 0 Å². The van der Waals surface area contributed by atoms with E-state index in [1.807, 2.05) is 13.0 Å². The number of alkyl halides is 3. The number of halogens is 3. The molecule has 2 N–H and O–H groups in total. The van der Waals surface area contributed by atoms with Gasteiger partial charge in [-0.05, 0) is 54.7 Å². The van der Waals surface area contributed by atoms with Gasteiger partial charge in [0.1, 0.15) is 5.82 Å². The van der Waals surface area contributed by atoms with E-state index in [0.717, 1.165) is 35.2 Å². The molecule has 2 aromatic heterocycles. The Morgan fingerprint density at radius 2 is 2.00 bits per heavy atom. The van der Waals surface area contributed by atoms with Crippen molar-refractivity contribution >= 4 is 22.6 Å². The highest BCUT2D eigenvalue weighted by atomic mass is 19.4. The lowest BCUT2D eigenvalue weighted by Crippen LogP contribution is -2.35. The Hall–Kier alpha value is -3.20. The standard InChI is InChI=1S/C25H25F3N4O2/c1-13-21-18(12-34-13)17-8-14(4-7-19(17)31-22(21)29)23(33)32(20-9-24(20,2)3)11-16-6-5-15(10-30-16)25(26,27)28/h4-8,10,13,20H,9,11-12H2,1-3H3,(H2,29,31)/t13-,20+/m0/s1. The number of ether oxygens (including phenoxy) is 1. The topological polar surface area (TPSA) is 81.3 Å². The van der Waals surface area contributed by atoms with Gasteiger partial charge >= 0.3 is 6.18 Å². The van der Waals surface area contributed by atoms with Crippen LogP contribution in [-0.4, -0.2) is 26.8 Å². The fourth-order valence-electron chi connectivity index (χ4n) is 4.72. The summed E-state index contributed by atoms with van der Waals surface area (Å²) < 4.78 is 44.5. The molecule has 1 aliphatic carbocycles. The molecule has 5 rings (SSSR count). The zero-order valence-corrected chi connectivity index (χ0v) is 19.1. The molecule has 0 bridgehead atoms. The van der Waals surface area contributed by atoms with Crippen molar-refractivity contribution in [3.8, 4) is 0 Å². The first-order valence-corrected chi connectivity index (χ1v) is 11.1. The molecule has 0 saturated heterocycles. The Kier molecular flexibility index (Phi) is 5.09. The van der Waals surface area contributed by atoms with Crippen LogP contribution in [0, 0.1) is 5.41 Å². The Labute approximate surface area is 194 Å². The third-order valence-corrected chi connectivity index (χ3v) is 6.88. The van der Waals surface area contributed by atoms with Gasteiger partial charge in [0, 0.05) is 28.8 Å². The van der Waals surface area contributed by atoms with Crippen LogP contribution in [0.4, 0.5) is 19.0 Å². The van der Waals surface area contributed by atoms with Crippen LogP contribution in [0.3, 0.4) is 0 Å². The van der Waals surface area contributed by atoms with Crippen LogP contribution in [0.15, 0.2) is 36.5 Å². The van der Waals surface area contributed by atoms with Gasteiger partial charge in [0.25, 0.3) is 5.91 Å². The van der Waals surface area contributed by atoms with E-state index in [1.165, 1.54) is 6.07 Å². The number of nitrogens with two attached hydrogens (primary N) is 1. The van der Waals surface area contributed by atoms with Gasteiger partial charge in [-0.3, -0.25) is 9.78 Å². The van der Waals surface area contributed by atoms with E-state index in [9.17, 15) is 18.0 Å². The van der Waals surface area contributed by atoms with Crippen LogP contribution >= 0.6 is 0 Å². The molecule has 0 spiro atoms. The number of aromatic nitrogens is 2. The fraction of sp³-hybridized carbons (Fsp3) is 0.400. The number of amides is 1. The monoisotopic (exact) mass is 470 g/mol. The number of anilines is 1. The molecule has 1 aliphatic heterocycles. The van der Waals surface area contributed by atoms with E-state index in [4.69, 9.17) is 10.5 Å². The highest BCUT2D eigenvalue weighted by Crippen LogP contribution is 2.49. The summed E-state index contributed by atoms with van der Waals surface area (Å²) in [5.41, 5.74) is 8.61. The predicted molar refractivity (Wildman–Crippen MR) is 121 cm³/mol. The smallest absolute Gasteiger partial charge is 0.383 e. The highest BCUT2D eigenvalue weighted by Gasteiger charge is 2.51. The van der Waals surface area contributed by atoms with E-state index in [2.05, 4.69) is 23.8 Å². The Morgan fingerprint density at radius 1 is 1.26 bits per heavy atom. The third kappa shape index (κ3) is 3.87. The highest BCUT2D eigenvalue weighted by molar-refractivity contribution is 5.99. The van der Waals surface area contributed by atoms with Gasteiger partial charge in [-0.25, -0.2) is 4.98 Å². The molecule has 34 heavy (non-hydrogen) atoms. The molecule has 2 atom stereocenters. The summed E-state index contributed by atoms with van der Waals surface area (Å²) in [4.78, 5) is 23.8. The minimum absolute atomic E-state index is 0.0293. The number of fused-ring (bicyclic) bond motifs is 3. The molecule has 3 aromatic rings. The molecule has 1 fully saturated rings. The summed E-state index contributed by atoms with van der Waals surface area (Å²) in [5.74, 6) is 0.234. The lowest BCUT2D eigenvalue weighted by Gasteiger charge is -2.25. The molecular formula is C25H25F3N4O2. The molecule has 178 valence electrons. The zero-order chi connectivity index (χ0) is 24.4.